The van der Waals surface area contributed by atoms with Crippen molar-refractivity contribution in [3.63, 3.8) is 0 Å². The molecule has 43 heavy (non-hydrogen) atoms. The van der Waals surface area contributed by atoms with Crippen molar-refractivity contribution < 1.29 is 21.6 Å². The van der Waals surface area contributed by atoms with Gasteiger partial charge in [-0.05, 0) is 54.8 Å². The minimum atomic E-state index is -4.16. The van der Waals surface area contributed by atoms with E-state index in [1.54, 1.807) is 36.4 Å². The van der Waals surface area contributed by atoms with Crippen LogP contribution in [0.1, 0.15) is 41.6 Å². The maximum absolute atomic E-state index is 14.5. The van der Waals surface area contributed by atoms with Crippen molar-refractivity contribution in [3.8, 4) is 0 Å². The zero-order valence-electron chi connectivity index (χ0n) is 23.5. The largest absolute Gasteiger partial charge is 0.299 e. The van der Waals surface area contributed by atoms with Gasteiger partial charge in [-0.2, -0.15) is 8.61 Å². The summed E-state index contributed by atoms with van der Waals surface area (Å²) in [6, 6.07) is 28.8. The lowest BCUT2D eigenvalue weighted by molar-refractivity contribution is -0.132. The van der Waals surface area contributed by atoms with Crippen LogP contribution in [0.5, 0.6) is 0 Å². The van der Waals surface area contributed by atoms with Crippen LogP contribution in [0.2, 0.25) is 5.02 Å². The fourth-order valence-corrected chi connectivity index (χ4v) is 10.1. The lowest BCUT2D eigenvalue weighted by Gasteiger charge is -2.51. The number of fused-ring (bicyclic) bond motifs is 1. The summed E-state index contributed by atoms with van der Waals surface area (Å²) >= 11 is 6.23. The molecule has 0 N–H and O–H groups in total. The Hall–Kier alpha value is -3.34. The van der Waals surface area contributed by atoms with Gasteiger partial charge in [0.25, 0.3) is 0 Å². The van der Waals surface area contributed by atoms with Crippen LogP contribution >= 0.6 is 11.6 Å². The zero-order chi connectivity index (χ0) is 30.4. The minimum Gasteiger partial charge on any atom is -0.299 e. The SMILES string of the molecule is Cc1ccc(S(=O)(=O)N2C[C@H]3C(=O)CC(c4ccccc4)N(S(=O)(=O)c4cccc(Cl)c4)[C@H]3CC2c2ccccc2)cc1. The molecule has 0 spiro atoms. The molecule has 0 aliphatic carbocycles. The van der Waals surface area contributed by atoms with E-state index in [9.17, 15) is 21.6 Å². The molecule has 2 unspecified atom stereocenters. The van der Waals surface area contributed by atoms with Crippen LogP contribution in [0.25, 0.3) is 0 Å². The van der Waals surface area contributed by atoms with Crippen molar-refractivity contribution >= 4 is 37.4 Å². The number of hydrogen-bond acceptors (Lipinski definition) is 5. The van der Waals surface area contributed by atoms with E-state index >= 15 is 0 Å². The van der Waals surface area contributed by atoms with E-state index < -0.39 is 44.1 Å². The van der Waals surface area contributed by atoms with Crippen LogP contribution in [0, 0.1) is 12.8 Å². The Labute approximate surface area is 257 Å². The number of nitrogens with zero attached hydrogens (tertiary/aromatic N) is 2. The molecule has 0 saturated carbocycles. The molecular weight excluding hydrogens is 604 g/mol. The van der Waals surface area contributed by atoms with Gasteiger partial charge in [0.1, 0.15) is 5.78 Å². The van der Waals surface area contributed by atoms with Crippen LogP contribution in [0.15, 0.2) is 119 Å². The normalized spacial score (nSPS) is 23.5. The molecule has 0 bridgehead atoms. The third-order valence-corrected chi connectivity index (χ3v) is 12.5. The highest BCUT2D eigenvalue weighted by Crippen LogP contribution is 2.48. The average Bonchev–Trinajstić information content (AvgIpc) is 3.01. The van der Waals surface area contributed by atoms with E-state index in [-0.39, 0.29) is 40.0 Å². The minimum absolute atomic E-state index is 0.0278. The Kier molecular flexibility index (Phi) is 8.04. The number of rotatable bonds is 6. The number of benzene rings is 4. The molecule has 222 valence electrons. The van der Waals surface area contributed by atoms with Crippen molar-refractivity contribution in [2.24, 2.45) is 5.92 Å². The first-order valence-electron chi connectivity index (χ1n) is 14.1. The van der Waals surface area contributed by atoms with Crippen LogP contribution < -0.4 is 0 Å². The molecule has 2 heterocycles. The first kappa shape index (κ1) is 29.7. The highest BCUT2D eigenvalue weighted by atomic mass is 35.5. The molecule has 0 amide bonds. The fourth-order valence-electron chi connectivity index (χ4n) is 6.34. The second-order valence-corrected chi connectivity index (χ2v) is 15.3. The molecule has 2 aliphatic heterocycles. The maximum atomic E-state index is 14.5. The Bertz CT molecular complexity index is 1850. The first-order chi connectivity index (χ1) is 20.6. The van der Waals surface area contributed by atoms with Crippen molar-refractivity contribution in [1.29, 1.82) is 0 Å². The molecule has 4 aromatic carbocycles. The Morgan fingerprint density at radius 1 is 0.698 bits per heavy atom. The topological polar surface area (TPSA) is 91.8 Å². The smallest absolute Gasteiger partial charge is 0.243 e. The Morgan fingerprint density at radius 2 is 1.30 bits per heavy atom. The lowest BCUT2D eigenvalue weighted by Crippen LogP contribution is -2.60. The molecule has 0 aromatic heterocycles. The van der Waals surface area contributed by atoms with Crippen molar-refractivity contribution in [2.45, 2.75) is 47.7 Å². The number of hydrogen-bond donors (Lipinski definition) is 0. The van der Waals surface area contributed by atoms with Gasteiger partial charge in [-0.3, -0.25) is 4.79 Å². The van der Waals surface area contributed by atoms with Gasteiger partial charge in [0.2, 0.25) is 20.0 Å². The third kappa shape index (κ3) is 5.56. The third-order valence-electron chi connectivity index (χ3n) is 8.46. The molecular formula is C33H31ClN2O5S2. The number of aryl methyl sites for hydroxylation is 1. The number of piperidine rings is 2. The number of ketones is 1. The van der Waals surface area contributed by atoms with Gasteiger partial charge in [-0.1, -0.05) is 96.0 Å². The van der Waals surface area contributed by atoms with Crippen molar-refractivity contribution in [2.75, 3.05) is 6.54 Å². The fraction of sp³-hybridized carbons (Fsp3) is 0.242. The predicted octanol–water partition coefficient (Wildman–Crippen LogP) is 6.17. The molecule has 2 aliphatic rings. The van der Waals surface area contributed by atoms with E-state index in [2.05, 4.69) is 0 Å². The lowest BCUT2D eigenvalue weighted by atomic mass is 9.77. The quantitative estimate of drug-likeness (QED) is 0.253. The van der Waals surface area contributed by atoms with Gasteiger partial charge >= 0.3 is 0 Å². The van der Waals surface area contributed by atoms with Crippen molar-refractivity contribution in [1.82, 2.24) is 8.61 Å². The van der Waals surface area contributed by atoms with Crippen LogP contribution in [-0.4, -0.2) is 43.8 Å². The Morgan fingerprint density at radius 3 is 1.91 bits per heavy atom. The van der Waals surface area contributed by atoms with E-state index in [4.69, 9.17) is 11.6 Å². The molecule has 0 radical (unpaired) electrons. The standard InChI is InChI=1S/C33H31ClN2O5S2/c1-23-15-17-27(18-16-23)42(38,39)35-22-29-32(20-30(35)24-9-4-2-5-10-24)36(43(40,41)28-14-8-13-26(34)19-28)31(21-33(29)37)25-11-6-3-7-12-25/h2-19,29-32H,20-22H2,1H3/t29-,30?,31?,32+/m1/s1. The summed E-state index contributed by atoms with van der Waals surface area (Å²) in [7, 11) is -8.19. The van der Waals surface area contributed by atoms with Crippen LogP contribution in [0.4, 0.5) is 0 Å². The highest BCUT2D eigenvalue weighted by molar-refractivity contribution is 7.89. The first-order valence-corrected chi connectivity index (χ1v) is 17.3. The van der Waals surface area contributed by atoms with E-state index in [1.165, 1.54) is 20.7 Å². The second kappa shape index (κ2) is 11.6. The molecule has 6 rings (SSSR count). The molecule has 4 aromatic rings. The number of carbonyl (C=O) groups is 1. The summed E-state index contributed by atoms with van der Waals surface area (Å²) in [4.78, 5) is 14.1. The number of carbonyl (C=O) groups excluding carboxylic acids is 1. The van der Waals surface area contributed by atoms with E-state index in [0.29, 0.717) is 5.56 Å². The second-order valence-electron chi connectivity index (χ2n) is 11.1. The highest BCUT2D eigenvalue weighted by Gasteiger charge is 2.54. The maximum Gasteiger partial charge on any atom is 0.243 e. The summed E-state index contributed by atoms with van der Waals surface area (Å²) in [5.74, 6) is -1.01. The van der Waals surface area contributed by atoms with E-state index in [0.717, 1.165) is 11.1 Å². The Balaban J connectivity index is 1.50. The van der Waals surface area contributed by atoms with Crippen molar-refractivity contribution in [3.05, 3.63) is 131 Å². The summed E-state index contributed by atoms with van der Waals surface area (Å²) in [6.45, 7) is 1.75. The van der Waals surface area contributed by atoms with Gasteiger partial charge in [-0.15, -0.1) is 0 Å². The van der Waals surface area contributed by atoms with Gasteiger partial charge in [0.05, 0.1) is 21.9 Å². The summed E-state index contributed by atoms with van der Waals surface area (Å²) in [5.41, 5.74) is 2.35. The number of halogens is 1. The van der Waals surface area contributed by atoms with Gasteiger partial charge in [0, 0.05) is 29.9 Å². The summed E-state index contributed by atoms with van der Waals surface area (Å²) in [6.07, 6.45) is 0.0358. The van der Waals surface area contributed by atoms with Crippen LogP contribution in [0.3, 0.4) is 0 Å². The van der Waals surface area contributed by atoms with Gasteiger partial charge < -0.3 is 0 Å². The van der Waals surface area contributed by atoms with Crippen LogP contribution in [-0.2, 0) is 24.8 Å². The number of Topliss-reactive ketones (excluding diaryl/α,β-unsaturated/α-hetero) is 1. The monoisotopic (exact) mass is 634 g/mol. The summed E-state index contributed by atoms with van der Waals surface area (Å²) < 4.78 is 60.1. The predicted molar refractivity (Wildman–Crippen MR) is 165 cm³/mol. The molecule has 2 saturated heterocycles. The van der Waals surface area contributed by atoms with Gasteiger partial charge in [0.15, 0.2) is 0 Å². The molecule has 10 heteroatoms. The molecule has 7 nitrogen and oxygen atoms in total. The van der Waals surface area contributed by atoms with E-state index in [1.807, 2.05) is 67.6 Å². The number of sulfonamides is 2. The average molecular weight is 635 g/mol. The molecule has 2 fully saturated rings. The van der Waals surface area contributed by atoms with Gasteiger partial charge in [-0.25, -0.2) is 16.8 Å². The molecule has 4 atom stereocenters. The zero-order valence-corrected chi connectivity index (χ0v) is 25.8. The summed E-state index contributed by atoms with van der Waals surface area (Å²) in [5, 5.41) is 0.281.